The molecule has 1 rings (SSSR count). The fourth-order valence-electron chi connectivity index (χ4n) is 2.49. The standard InChI is InChI=1S/C15H30N2O2/c1-5-17-11-8-13(9-12-17)7-6-10-16-14(18)19-15(2,3)4/h13H,5-12H2,1-4H3,(H,16,18). The third-order valence-corrected chi connectivity index (χ3v) is 3.61. The summed E-state index contributed by atoms with van der Waals surface area (Å²) >= 11 is 0. The Morgan fingerprint density at radius 1 is 1.32 bits per heavy atom. The van der Waals surface area contributed by atoms with Crippen LogP contribution in [0.1, 0.15) is 53.4 Å². The molecular formula is C15H30N2O2. The number of nitrogens with zero attached hydrogens (tertiary/aromatic N) is 1. The number of piperidine rings is 1. The van der Waals surface area contributed by atoms with Crippen molar-refractivity contribution >= 4 is 6.09 Å². The second kappa shape index (κ2) is 7.73. The van der Waals surface area contributed by atoms with E-state index in [4.69, 9.17) is 4.74 Å². The van der Waals surface area contributed by atoms with Crippen LogP contribution in [0.15, 0.2) is 0 Å². The van der Waals surface area contributed by atoms with Crippen LogP contribution in [0.4, 0.5) is 4.79 Å². The van der Waals surface area contributed by atoms with Gasteiger partial charge in [0.25, 0.3) is 0 Å². The van der Waals surface area contributed by atoms with Crippen molar-refractivity contribution in [2.75, 3.05) is 26.2 Å². The second-order valence-corrected chi connectivity index (χ2v) is 6.45. The van der Waals surface area contributed by atoms with Crippen LogP contribution < -0.4 is 5.32 Å². The number of likely N-dealkylation sites (tertiary alicyclic amines) is 1. The predicted molar refractivity (Wildman–Crippen MR) is 78.3 cm³/mol. The number of carbonyl (C=O) groups is 1. The van der Waals surface area contributed by atoms with Crippen LogP contribution >= 0.6 is 0 Å². The summed E-state index contributed by atoms with van der Waals surface area (Å²) in [5.41, 5.74) is -0.406. The molecule has 1 fully saturated rings. The second-order valence-electron chi connectivity index (χ2n) is 6.45. The van der Waals surface area contributed by atoms with Gasteiger partial charge in [-0.2, -0.15) is 0 Å². The maximum absolute atomic E-state index is 11.5. The average Bonchev–Trinajstić information content (AvgIpc) is 2.33. The first-order valence-electron chi connectivity index (χ1n) is 7.60. The maximum atomic E-state index is 11.5. The smallest absolute Gasteiger partial charge is 0.407 e. The highest BCUT2D eigenvalue weighted by molar-refractivity contribution is 5.67. The lowest BCUT2D eigenvalue weighted by atomic mass is 9.92. The Bertz CT molecular complexity index is 266. The molecule has 0 bridgehead atoms. The molecule has 0 saturated carbocycles. The van der Waals surface area contributed by atoms with Crippen LogP contribution in [-0.4, -0.2) is 42.8 Å². The number of nitrogens with one attached hydrogen (secondary N) is 1. The number of amides is 1. The molecule has 0 spiro atoms. The SMILES string of the molecule is CCN1CCC(CCCNC(=O)OC(C)(C)C)CC1. The zero-order chi connectivity index (χ0) is 14.3. The lowest BCUT2D eigenvalue weighted by Gasteiger charge is -2.31. The van der Waals surface area contributed by atoms with Gasteiger partial charge in [0, 0.05) is 6.54 Å². The monoisotopic (exact) mass is 270 g/mol. The van der Waals surface area contributed by atoms with Crippen LogP contribution in [0, 0.1) is 5.92 Å². The molecule has 1 amide bonds. The van der Waals surface area contributed by atoms with Crippen LogP contribution in [0.2, 0.25) is 0 Å². The lowest BCUT2D eigenvalue weighted by molar-refractivity contribution is 0.0525. The zero-order valence-electron chi connectivity index (χ0n) is 13.0. The van der Waals surface area contributed by atoms with E-state index in [9.17, 15) is 4.79 Å². The molecule has 19 heavy (non-hydrogen) atoms. The highest BCUT2D eigenvalue weighted by Crippen LogP contribution is 2.21. The molecule has 0 aliphatic carbocycles. The van der Waals surface area contributed by atoms with Crippen LogP contribution in [0.25, 0.3) is 0 Å². The summed E-state index contributed by atoms with van der Waals surface area (Å²) in [5, 5.41) is 2.83. The Morgan fingerprint density at radius 3 is 2.47 bits per heavy atom. The molecule has 1 aliphatic heterocycles. The Kier molecular flexibility index (Phi) is 6.63. The highest BCUT2D eigenvalue weighted by Gasteiger charge is 2.18. The van der Waals surface area contributed by atoms with Gasteiger partial charge in [0.2, 0.25) is 0 Å². The van der Waals surface area contributed by atoms with Crippen molar-refractivity contribution in [2.24, 2.45) is 5.92 Å². The van der Waals surface area contributed by atoms with Crippen molar-refractivity contribution in [2.45, 2.75) is 59.0 Å². The van der Waals surface area contributed by atoms with E-state index in [1.54, 1.807) is 0 Å². The molecule has 0 aromatic rings. The van der Waals surface area contributed by atoms with E-state index in [-0.39, 0.29) is 6.09 Å². The van der Waals surface area contributed by atoms with Gasteiger partial charge >= 0.3 is 6.09 Å². The number of alkyl carbamates (subject to hydrolysis) is 1. The first kappa shape index (κ1) is 16.3. The molecule has 1 heterocycles. The van der Waals surface area contributed by atoms with Gasteiger partial charge in [-0.15, -0.1) is 0 Å². The summed E-state index contributed by atoms with van der Waals surface area (Å²) < 4.78 is 5.20. The maximum Gasteiger partial charge on any atom is 0.407 e. The number of hydrogen-bond donors (Lipinski definition) is 1. The van der Waals surface area contributed by atoms with Gasteiger partial charge in [0.15, 0.2) is 0 Å². The molecule has 1 saturated heterocycles. The van der Waals surface area contributed by atoms with E-state index in [2.05, 4.69) is 17.1 Å². The van der Waals surface area contributed by atoms with Crippen molar-refractivity contribution in [1.29, 1.82) is 0 Å². The molecular weight excluding hydrogens is 240 g/mol. The molecule has 0 unspecified atom stereocenters. The van der Waals surface area contributed by atoms with Gasteiger partial charge in [-0.25, -0.2) is 4.79 Å². The lowest BCUT2D eigenvalue weighted by Crippen LogP contribution is -2.34. The summed E-state index contributed by atoms with van der Waals surface area (Å²) in [7, 11) is 0. The summed E-state index contributed by atoms with van der Waals surface area (Å²) in [6.07, 6.45) is 4.58. The molecule has 1 aliphatic rings. The average molecular weight is 270 g/mol. The third-order valence-electron chi connectivity index (χ3n) is 3.61. The van der Waals surface area contributed by atoms with E-state index in [0.29, 0.717) is 0 Å². The minimum Gasteiger partial charge on any atom is -0.444 e. The van der Waals surface area contributed by atoms with Crippen LogP contribution in [-0.2, 0) is 4.74 Å². The van der Waals surface area contributed by atoms with Gasteiger partial charge < -0.3 is 15.0 Å². The quantitative estimate of drug-likeness (QED) is 0.781. The summed E-state index contributed by atoms with van der Waals surface area (Å²) in [4.78, 5) is 14.0. The van der Waals surface area contributed by atoms with E-state index in [0.717, 1.165) is 18.9 Å². The van der Waals surface area contributed by atoms with Gasteiger partial charge in [0.1, 0.15) is 5.60 Å². The molecule has 112 valence electrons. The normalized spacial score (nSPS) is 18.3. The summed E-state index contributed by atoms with van der Waals surface area (Å²) in [6.45, 7) is 12.2. The molecule has 4 nitrogen and oxygen atoms in total. The molecule has 0 aromatic carbocycles. The molecule has 0 aromatic heterocycles. The van der Waals surface area contributed by atoms with Crippen molar-refractivity contribution < 1.29 is 9.53 Å². The van der Waals surface area contributed by atoms with E-state index >= 15 is 0 Å². The van der Waals surface area contributed by atoms with Gasteiger partial charge in [-0.1, -0.05) is 6.92 Å². The largest absolute Gasteiger partial charge is 0.444 e. The van der Waals surface area contributed by atoms with Crippen molar-refractivity contribution in [3.05, 3.63) is 0 Å². The van der Waals surface area contributed by atoms with E-state index in [1.165, 1.54) is 38.9 Å². The van der Waals surface area contributed by atoms with Crippen LogP contribution in [0.5, 0.6) is 0 Å². The zero-order valence-corrected chi connectivity index (χ0v) is 13.0. The first-order chi connectivity index (χ1) is 8.90. The number of hydrogen-bond acceptors (Lipinski definition) is 3. The Labute approximate surface area is 117 Å². The Hall–Kier alpha value is -0.770. The Morgan fingerprint density at radius 2 is 1.95 bits per heavy atom. The summed E-state index contributed by atoms with van der Waals surface area (Å²) in [5.74, 6) is 0.836. The third kappa shape index (κ3) is 7.41. The minimum absolute atomic E-state index is 0.298. The molecule has 0 radical (unpaired) electrons. The van der Waals surface area contributed by atoms with Gasteiger partial charge in [0.05, 0.1) is 0 Å². The van der Waals surface area contributed by atoms with Crippen LogP contribution in [0.3, 0.4) is 0 Å². The van der Waals surface area contributed by atoms with Crippen molar-refractivity contribution in [3.8, 4) is 0 Å². The van der Waals surface area contributed by atoms with Crippen molar-refractivity contribution in [3.63, 3.8) is 0 Å². The first-order valence-corrected chi connectivity index (χ1v) is 7.60. The fourth-order valence-corrected chi connectivity index (χ4v) is 2.49. The molecule has 1 N–H and O–H groups in total. The summed E-state index contributed by atoms with van der Waals surface area (Å²) in [6, 6.07) is 0. The van der Waals surface area contributed by atoms with E-state index < -0.39 is 5.60 Å². The number of rotatable bonds is 5. The van der Waals surface area contributed by atoms with Gasteiger partial charge in [-0.3, -0.25) is 0 Å². The topological polar surface area (TPSA) is 41.6 Å². The van der Waals surface area contributed by atoms with Gasteiger partial charge in [-0.05, 0) is 72.0 Å². The Balaban J connectivity index is 2.04. The predicted octanol–water partition coefficient (Wildman–Crippen LogP) is 3.02. The molecule has 0 atom stereocenters. The van der Waals surface area contributed by atoms with E-state index in [1.807, 2.05) is 20.8 Å². The number of ether oxygens (including phenoxy) is 1. The highest BCUT2D eigenvalue weighted by atomic mass is 16.6. The molecule has 4 heteroatoms. The fraction of sp³-hybridized carbons (Fsp3) is 0.933. The van der Waals surface area contributed by atoms with Crippen molar-refractivity contribution in [1.82, 2.24) is 10.2 Å². The number of carbonyl (C=O) groups excluding carboxylic acids is 1. The minimum atomic E-state index is -0.406.